The molecular formula is C17H16N2O3S2. The molecule has 4 rings (SSSR count). The molecule has 3 aromatic heterocycles. The number of ether oxygens (including phenoxy) is 1. The average Bonchev–Trinajstić information content (AvgIpc) is 3.30. The number of thiophene rings is 2. The minimum atomic E-state index is -0.322. The molecule has 0 unspecified atom stereocenters. The number of aromatic nitrogens is 2. The van der Waals surface area contributed by atoms with Crippen LogP contribution in [-0.4, -0.2) is 16.1 Å². The van der Waals surface area contributed by atoms with Gasteiger partial charge in [0.1, 0.15) is 4.88 Å². The van der Waals surface area contributed by atoms with Gasteiger partial charge in [0.2, 0.25) is 5.82 Å². The number of aryl methyl sites for hydroxylation is 1. The number of fused-ring (bicyclic) bond motifs is 1. The first-order valence-corrected chi connectivity index (χ1v) is 9.59. The highest BCUT2D eigenvalue weighted by molar-refractivity contribution is 7.14. The maximum Gasteiger partial charge on any atom is 0.348 e. The normalized spacial score (nSPS) is 16.8. The standard InChI is InChI=1S/C17H16N2O3S2/c1-10-2-3-13-12(6-10)7-14(24-13)17(20)21-8-15-18-16(19-22-15)11-4-5-23-9-11/h4-5,7,9-10H,2-3,6,8H2,1H3/t10-/m0/s1. The fraction of sp³-hybridized carbons (Fsp3) is 0.353. The van der Waals surface area contributed by atoms with Gasteiger partial charge in [-0.05, 0) is 48.3 Å². The second-order valence-electron chi connectivity index (χ2n) is 6.01. The Morgan fingerprint density at radius 1 is 1.50 bits per heavy atom. The summed E-state index contributed by atoms with van der Waals surface area (Å²) in [4.78, 5) is 18.5. The van der Waals surface area contributed by atoms with Crippen LogP contribution in [-0.2, 0) is 24.2 Å². The van der Waals surface area contributed by atoms with E-state index in [4.69, 9.17) is 9.26 Å². The van der Waals surface area contributed by atoms with Gasteiger partial charge in [0.05, 0.1) is 0 Å². The topological polar surface area (TPSA) is 65.2 Å². The molecule has 24 heavy (non-hydrogen) atoms. The highest BCUT2D eigenvalue weighted by atomic mass is 32.1. The van der Waals surface area contributed by atoms with E-state index in [-0.39, 0.29) is 12.6 Å². The number of rotatable bonds is 4. The Bertz CT molecular complexity index is 851. The zero-order chi connectivity index (χ0) is 16.5. The van der Waals surface area contributed by atoms with Crippen LogP contribution >= 0.6 is 22.7 Å². The number of carbonyl (C=O) groups is 1. The van der Waals surface area contributed by atoms with Crippen LogP contribution in [0.1, 0.15) is 39.3 Å². The van der Waals surface area contributed by atoms with E-state index in [9.17, 15) is 4.79 Å². The molecule has 1 atom stereocenters. The molecule has 0 saturated heterocycles. The van der Waals surface area contributed by atoms with Crippen molar-refractivity contribution in [3.05, 3.63) is 44.1 Å². The smallest absolute Gasteiger partial charge is 0.348 e. The van der Waals surface area contributed by atoms with E-state index in [2.05, 4.69) is 17.1 Å². The van der Waals surface area contributed by atoms with Crippen LogP contribution in [0.25, 0.3) is 11.4 Å². The van der Waals surface area contributed by atoms with E-state index in [1.54, 1.807) is 22.7 Å². The summed E-state index contributed by atoms with van der Waals surface area (Å²) >= 11 is 3.11. The molecule has 0 radical (unpaired) electrons. The van der Waals surface area contributed by atoms with Gasteiger partial charge in [-0.15, -0.1) is 11.3 Å². The maximum absolute atomic E-state index is 12.3. The van der Waals surface area contributed by atoms with Crippen LogP contribution < -0.4 is 0 Å². The molecule has 0 saturated carbocycles. The summed E-state index contributed by atoms with van der Waals surface area (Å²) in [5.41, 5.74) is 2.20. The van der Waals surface area contributed by atoms with Crippen LogP contribution in [0.2, 0.25) is 0 Å². The van der Waals surface area contributed by atoms with Crippen LogP contribution in [0.4, 0.5) is 0 Å². The molecule has 0 aliphatic heterocycles. The summed E-state index contributed by atoms with van der Waals surface area (Å²) in [5, 5.41) is 7.79. The van der Waals surface area contributed by atoms with Crippen molar-refractivity contribution in [2.24, 2.45) is 5.92 Å². The molecule has 1 aliphatic carbocycles. The highest BCUT2D eigenvalue weighted by Gasteiger charge is 2.22. The zero-order valence-corrected chi connectivity index (χ0v) is 14.8. The van der Waals surface area contributed by atoms with Crippen molar-refractivity contribution in [1.29, 1.82) is 0 Å². The molecule has 0 bridgehead atoms. The summed E-state index contributed by atoms with van der Waals surface area (Å²) in [6.07, 6.45) is 3.30. The lowest BCUT2D eigenvalue weighted by Gasteiger charge is -2.16. The lowest BCUT2D eigenvalue weighted by molar-refractivity contribution is 0.0435. The summed E-state index contributed by atoms with van der Waals surface area (Å²) in [5.74, 6) is 1.18. The Morgan fingerprint density at radius 2 is 2.42 bits per heavy atom. The monoisotopic (exact) mass is 360 g/mol. The SMILES string of the molecule is C[C@H]1CCc2sc(C(=O)OCc3nc(-c4ccsc4)no3)cc2C1. The lowest BCUT2D eigenvalue weighted by atomic mass is 9.90. The first-order valence-electron chi connectivity index (χ1n) is 7.83. The molecule has 0 N–H and O–H groups in total. The van der Waals surface area contributed by atoms with Crippen molar-refractivity contribution in [3.63, 3.8) is 0 Å². The quantitative estimate of drug-likeness (QED) is 0.648. The van der Waals surface area contributed by atoms with Gasteiger partial charge in [0.25, 0.3) is 5.89 Å². The van der Waals surface area contributed by atoms with Crippen LogP contribution in [0.5, 0.6) is 0 Å². The van der Waals surface area contributed by atoms with Crippen LogP contribution in [0.15, 0.2) is 27.4 Å². The Hall–Kier alpha value is -1.99. The van der Waals surface area contributed by atoms with E-state index in [1.807, 2.05) is 22.9 Å². The van der Waals surface area contributed by atoms with Gasteiger partial charge >= 0.3 is 5.97 Å². The van der Waals surface area contributed by atoms with Gasteiger partial charge in [-0.3, -0.25) is 0 Å². The minimum Gasteiger partial charge on any atom is -0.451 e. The summed E-state index contributed by atoms with van der Waals surface area (Å²) < 4.78 is 10.5. The highest BCUT2D eigenvalue weighted by Crippen LogP contribution is 2.32. The number of hydrogen-bond acceptors (Lipinski definition) is 7. The molecule has 0 fully saturated rings. The molecular weight excluding hydrogens is 344 g/mol. The summed E-state index contributed by atoms with van der Waals surface area (Å²) in [6, 6.07) is 3.89. The third kappa shape index (κ3) is 3.14. The van der Waals surface area contributed by atoms with E-state index in [1.165, 1.54) is 16.9 Å². The van der Waals surface area contributed by atoms with Crippen LogP contribution in [0.3, 0.4) is 0 Å². The fourth-order valence-electron chi connectivity index (χ4n) is 2.83. The Balaban J connectivity index is 1.40. The second-order valence-corrected chi connectivity index (χ2v) is 7.92. The third-order valence-corrected chi connectivity index (χ3v) is 6.00. The molecule has 0 spiro atoms. The Kier molecular flexibility index (Phi) is 4.20. The molecule has 1 aliphatic rings. The van der Waals surface area contributed by atoms with E-state index >= 15 is 0 Å². The number of nitrogens with zero attached hydrogens (tertiary/aromatic N) is 2. The number of carbonyl (C=O) groups excluding carboxylic acids is 1. The number of hydrogen-bond donors (Lipinski definition) is 0. The number of esters is 1. The first kappa shape index (κ1) is 15.5. The van der Waals surface area contributed by atoms with Crippen molar-refractivity contribution >= 4 is 28.6 Å². The zero-order valence-electron chi connectivity index (χ0n) is 13.2. The fourth-order valence-corrected chi connectivity index (χ4v) is 4.56. The minimum absolute atomic E-state index is 0.00502. The molecule has 3 aromatic rings. The van der Waals surface area contributed by atoms with E-state index < -0.39 is 0 Å². The van der Waals surface area contributed by atoms with Crippen molar-refractivity contribution in [2.75, 3.05) is 0 Å². The maximum atomic E-state index is 12.3. The van der Waals surface area contributed by atoms with Crippen molar-refractivity contribution in [3.8, 4) is 11.4 Å². The van der Waals surface area contributed by atoms with Gasteiger partial charge in [-0.2, -0.15) is 16.3 Å². The summed E-state index contributed by atoms with van der Waals surface area (Å²) in [6.45, 7) is 2.24. The van der Waals surface area contributed by atoms with Gasteiger partial charge < -0.3 is 9.26 Å². The lowest BCUT2D eigenvalue weighted by Crippen LogP contribution is -2.08. The van der Waals surface area contributed by atoms with Gasteiger partial charge in [0.15, 0.2) is 6.61 Å². The predicted molar refractivity (Wildman–Crippen MR) is 92.2 cm³/mol. The Labute approximate surface area is 147 Å². The molecule has 7 heteroatoms. The van der Waals surface area contributed by atoms with E-state index in [0.29, 0.717) is 22.5 Å². The van der Waals surface area contributed by atoms with Crippen molar-refractivity contribution in [2.45, 2.75) is 32.8 Å². The Morgan fingerprint density at radius 3 is 3.25 bits per heavy atom. The summed E-state index contributed by atoms with van der Waals surface area (Å²) in [7, 11) is 0. The van der Waals surface area contributed by atoms with Gasteiger partial charge in [0, 0.05) is 15.8 Å². The average molecular weight is 360 g/mol. The van der Waals surface area contributed by atoms with Gasteiger partial charge in [-0.25, -0.2) is 4.79 Å². The van der Waals surface area contributed by atoms with Crippen molar-refractivity contribution in [1.82, 2.24) is 10.1 Å². The molecule has 3 heterocycles. The predicted octanol–water partition coefficient (Wildman–Crippen LogP) is 4.34. The van der Waals surface area contributed by atoms with Gasteiger partial charge in [-0.1, -0.05) is 12.1 Å². The molecule has 0 aromatic carbocycles. The first-order chi connectivity index (χ1) is 11.7. The van der Waals surface area contributed by atoms with Crippen LogP contribution in [0, 0.1) is 5.92 Å². The molecule has 0 amide bonds. The van der Waals surface area contributed by atoms with E-state index in [0.717, 1.165) is 18.4 Å². The largest absolute Gasteiger partial charge is 0.451 e. The molecule has 5 nitrogen and oxygen atoms in total. The molecule has 124 valence electrons. The second kappa shape index (κ2) is 6.49. The third-order valence-electron chi connectivity index (χ3n) is 4.10. The van der Waals surface area contributed by atoms with Crippen molar-refractivity contribution < 1.29 is 14.1 Å².